The summed E-state index contributed by atoms with van der Waals surface area (Å²) in [5, 5.41) is 0. The minimum atomic E-state index is 0.428. The van der Waals surface area contributed by atoms with E-state index in [0.29, 0.717) is 12.5 Å². The zero-order chi connectivity index (χ0) is 13.8. The maximum Gasteiger partial charge on any atom is 0.000167 e. The quantitative estimate of drug-likeness (QED) is 0.859. The summed E-state index contributed by atoms with van der Waals surface area (Å²) < 4.78 is 0. The molecule has 1 unspecified atom stereocenters. The molecule has 0 amide bonds. The lowest BCUT2D eigenvalue weighted by Gasteiger charge is -2.29. The standard InChI is InChI=1S/C19H23N/c20-14-18(15-7-2-1-3-8-15)13-17-9-4-5-12-19(17)16-10-6-11-16/h1-5,7-9,12,16,18H,6,10-11,13-14,20H2. The highest BCUT2D eigenvalue weighted by molar-refractivity contribution is 5.34. The van der Waals surface area contributed by atoms with E-state index in [9.17, 15) is 0 Å². The topological polar surface area (TPSA) is 26.0 Å². The van der Waals surface area contributed by atoms with E-state index >= 15 is 0 Å². The summed E-state index contributed by atoms with van der Waals surface area (Å²) in [6.45, 7) is 0.711. The lowest BCUT2D eigenvalue weighted by atomic mass is 9.76. The molecule has 1 fully saturated rings. The lowest BCUT2D eigenvalue weighted by Crippen LogP contribution is -2.17. The zero-order valence-corrected chi connectivity index (χ0v) is 12.0. The number of benzene rings is 2. The summed E-state index contributed by atoms with van der Waals surface area (Å²) in [5.41, 5.74) is 10.4. The van der Waals surface area contributed by atoms with Crippen LogP contribution in [0, 0.1) is 0 Å². The van der Waals surface area contributed by atoms with Crippen molar-refractivity contribution in [2.45, 2.75) is 37.5 Å². The Labute approximate surface area is 121 Å². The largest absolute Gasteiger partial charge is 0.330 e. The molecule has 0 heterocycles. The number of hydrogen-bond donors (Lipinski definition) is 1. The Morgan fingerprint density at radius 3 is 2.30 bits per heavy atom. The SMILES string of the molecule is NCC(Cc1ccccc1C1CCC1)c1ccccc1. The van der Waals surface area contributed by atoms with E-state index in [1.54, 1.807) is 5.56 Å². The van der Waals surface area contributed by atoms with Crippen LogP contribution in [0.4, 0.5) is 0 Å². The minimum Gasteiger partial charge on any atom is -0.330 e. The maximum absolute atomic E-state index is 6.03. The van der Waals surface area contributed by atoms with Crippen LogP contribution in [0.3, 0.4) is 0 Å². The molecule has 1 atom stereocenters. The second kappa shape index (κ2) is 6.23. The summed E-state index contributed by atoms with van der Waals surface area (Å²) >= 11 is 0. The lowest BCUT2D eigenvalue weighted by molar-refractivity contribution is 0.416. The third-order valence-electron chi connectivity index (χ3n) is 4.62. The van der Waals surface area contributed by atoms with Crippen molar-refractivity contribution in [3.63, 3.8) is 0 Å². The summed E-state index contributed by atoms with van der Waals surface area (Å²) in [4.78, 5) is 0. The highest BCUT2D eigenvalue weighted by Crippen LogP contribution is 2.38. The van der Waals surface area contributed by atoms with Gasteiger partial charge in [0.15, 0.2) is 0 Å². The van der Waals surface area contributed by atoms with E-state index in [4.69, 9.17) is 5.73 Å². The fourth-order valence-corrected chi connectivity index (χ4v) is 3.17. The van der Waals surface area contributed by atoms with Crippen LogP contribution in [-0.2, 0) is 6.42 Å². The van der Waals surface area contributed by atoms with Crippen molar-refractivity contribution in [1.29, 1.82) is 0 Å². The molecular weight excluding hydrogens is 242 g/mol. The molecule has 3 rings (SSSR count). The smallest absolute Gasteiger partial charge is 0.000167 e. The van der Waals surface area contributed by atoms with E-state index in [2.05, 4.69) is 54.6 Å². The first kappa shape index (κ1) is 13.4. The molecular formula is C19H23N. The third-order valence-corrected chi connectivity index (χ3v) is 4.62. The van der Waals surface area contributed by atoms with Crippen LogP contribution in [0.2, 0.25) is 0 Å². The van der Waals surface area contributed by atoms with Gasteiger partial charge in [0.2, 0.25) is 0 Å². The summed E-state index contributed by atoms with van der Waals surface area (Å²) in [5.74, 6) is 1.22. The Morgan fingerprint density at radius 1 is 0.950 bits per heavy atom. The molecule has 1 aliphatic carbocycles. The first-order chi connectivity index (χ1) is 9.88. The molecule has 0 bridgehead atoms. The van der Waals surface area contributed by atoms with E-state index in [-0.39, 0.29) is 0 Å². The average Bonchev–Trinajstić information content (AvgIpc) is 2.45. The number of rotatable bonds is 5. The van der Waals surface area contributed by atoms with Crippen LogP contribution in [0.15, 0.2) is 54.6 Å². The van der Waals surface area contributed by atoms with Crippen molar-refractivity contribution in [3.05, 3.63) is 71.3 Å². The van der Waals surface area contributed by atoms with E-state index < -0.39 is 0 Å². The maximum atomic E-state index is 6.03. The Morgan fingerprint density at radius 2 is 1.65 bits per heavy atom. The fourth-order valence-electron chi connectivity index (χ4n) is 3.17. The van der Waals surface area contributed by atoms with Gasteiger partial charge in [-0.25, -0.2) is 0 Å². The Bertz CT molecular complexity index is 543. The van der Waals surface area contributed by atoms with Crippen molar-refractivity contribution >= 4 is 0 Å². The molecule has 0 aliphatic heterocycles. The molecule has 0 radical (unpaired) electrons. The number of nitrogens with two attached hydrogens (primary N) is 1. The van der Waals surface area contributed by atoms with Crippen molar-refractivity contribution in [2.75, 3.05) is 6.54 Å². The summed E-state index contributed by atoms with van der Waals surface area (Å²) in [6.07, 6.45) is 5.16. The first-order valence-corrected chi connectivity index (χ1v) is 7.71. The van der Waals surface area contributed by atoms with Gasteiger partial charge in [0.05, 0.1) is 0 Å². The Hall–Kier alpha value is -1.60. The predicted molar refractivity (Wildman–Crippen MR) is 85.0 cm³/mol. The Kier molecular flexibility index (Phi) is 4.17. The van der Waals surface area contributed by atoms with Gasteiger partial charge >= 0.3 is 0 Å². The molecule has 104 valence electrons. The zero-order valence-electron chi connectivity index (χ0n) is 12.0. The van der Waals surface area contributed by atoms with Gasteiger partial charge in [0.25, 0.3) is 0 Å². The molecule has 2 aromatic carbocycles. The monoisotopic (exact) mass is 265 g/mol. The molecule has 1 saturated carbocycles. The normalized spacial score (nSPS) is 16.6. The van der Waals surface area contributed by atoms with Gasteiger partial charge < -0.3 is 5.73 Å². The van der Waals surface area contributed by atoms with Gasteiger partial charge in [0.1, 0.15) is 0 Å². The van der Waals surface area contributed by atoms with Crippen LogP contribution in [0.5, 0.6) is 0 Å². The first-order valence-electron chi connectivity index (χ1n) is 7.71. The highest BCUT2D eigenvalue weighted by atomic mass is 14.5. The molecule has 2 aromatic rings. The van der Waals surface area contributed by atoms with Crippen molar-refractivity contribution in [1.82, 2.24) is 0 Å². The summed E-state index contributed by atoms with van der Waals surface area (Å²) in [6, 6.07) is 19.6. The van der Waals surface area contributed by atoms with Crippen LogP contribution in [0.25, 0.3) is 0 Å². The van der Waals surface area contributed by atoms with Crippen LogP contribution in [-0.4, -0.2) is 6.54 Å². The molecule has 1 nitrogen and oxygen atoms in total. The van der Waals surface area contributed by atoms with Gasteiger partial charge in [-0.05, 0) is 48.4 Å². The molecule has 20 heavy (non-hydrogen) atoms. The molecule has 0 spiro atoms. The van der Waals surface area contributed by atoms with Crippen LogP contribution < -0.4 is 5.73 Å². The van der Waals surface area contributed by atoms with Crippen LogP contribution in [0.1, 0.15) is 47.8 Å². The molecule has 0 saturated heterocycles. The van der Waals surface area contributed by atoms with Crippen molar-refractivity contribution in [2.24, 2.45) is 5.73 Å². The number of hydrogen-bond acceptors (Lipinski definition) is 1. The molecule has 1 aliphatic rings. The second-order valence-electron chi connectivity index (χ2n) is 5.87. The molecule has 0 aromatic heterocycles. The molecule has 1 heteroatoms. The van der Waals surface area contributed by atoms with Crippen molar-refractivity contribution < 1.29 is 0 Å². The van der Waals surface area contributed by atoms with E-state index in [0.717, 1.165) is 12.3 Å². The second-order valence-corrected chi connectivity index (χ2v) is 5.87. The van der Waals surface area contributed by atoms with Gasteiger partial charge in [-0.3, -0.25) is 0 Å². The molecule has 2 N–H and O–H groups in total. The van der Waals surface area contributed by atoms with Crippen LogP contribution >= 0.6 is 0 Å². The van der Waals surface area contributed by atoms with Gasteiger partial charge in [-0.1, -0.05) is 61.0 Å². The predicted octanol–water partition coefficient (Wildman–Crippen LogP) is 4.24. The summed E-state index contributed by atoms with van der Waals surface area (Å²) in [7, 11) is 0. The van der Waals surface area contributed by atoms with Gasteiger partial charge in [0, 0.05) is 5.92 Å². The van der Waals surface area contributed by atoms with Gasteiger partial charge in [-0.2, -0.15) is 0 Å². The highest BCUT2D eigenvalue weighted by Gasteiger charge is 2.22. The Balaban J connectivity index is 1.82. The van der Waals surface area contributed by atoms with Crippen molar-refractivity contribution in [3.8, 4) is 0 Å². The van der Waals surface area contributed by atoms with Gasteiger partial charge in [-0.15, -0.1) is 0 Å². The third kappa shape index (κ3) is 2.78. The average molecular weight is 265 g/mol. The van der Waals surface area contributed by atoms with E-state index in [1.165, 1.54) is 30.4 Å². The minimum absolute atomic E-state index is 0.428. The van der Waals surface area contributed by atoms with E-state index in [1.807, 2.05) is 0 Å². The fraction of sp³-hybridized carbons (Fsp3) is 0.368.